The molecule has 1 aliphatic heterocycles. The van der Waals surface area contributed by atoms with Gasteiger partial charge in [0.1, 0.15) is 0 Å². The molecule has 0 spiro atoms. The quantitative estimate of drug-likeness (QED) is 0.497. The van der Waals surface area contributed by atoms with Crippen molar-refractivity contribution >= 4 is 39.5 Å². The van der Waals surface area contributed by atoms with Gasteiger partial charge in [-0.1, -0.05) is 17.7 Å². The summed E-state index contributed by atoms with van der Waals surface area (Å²) in [6.45, 7) is 1.11. The lowest BCUT2D eigenvalue weighted by Gasteiger charge is -2.33. The number of halogens is 1. The molecular weight excluding hydrogens is 390 g/mol. The lowest BCUT2D eigenvalue weighted by molar-refractivity contribution is 0.0678. The zero-order valence-corrected chi connectivity index (χ0v) is 16.3. The fourth-order valence-electron chi connectivity index (χ4n) is 4.09. The van der Waals surface area contributed by atoms with E-state index in [2.05, 4.69) is 4.98 Å². The maximum Gasteiger partial charge on any atom is 0.420 e. The molecule has 1 amide bonds. The Hall–Kier alpha value is -3.12. The Balaban J connectivity index is 1.46. The van der Waals surface area contributed by atoms with Crippen molar-refractivity contribution in [2.75, 3.05) is 13.1 Å². The van der Waals surface area contributed by atoms with E-state index in [1.165, 1.54) is 0 Å². The molecule has 0 bridgehead atoms. The first-order chi connectivity index (χ1) is 14.1. The Kier molecular flexibility index (Phi) is 4.36. The van der Waals surface area contributed by atoms with Crippen molar-refractivity contribution in [3.05, 3.63) is 75.9 Å². The second kappa shape index (κ2) is 7.04. The zero-order valence-electron chi connectivity index (χ0n) is 15.5. The normalized spacial score (nSPS) is 17.1. The van der Waals surface area contributed by atoms with E-state index in [0.717, 1.165) is 23.7 Å². The average Bonchev–Trinajstić information content (AvgIpc) is 3.07. The molecule has 2 aromatic heterocycles. The van der Waals surface area contributed by atoms with Crippen molar-refractivity contribution in [3.8, 4) is 0 Å². The standard InChI is InChI=1S/C22H18ClN3O3/c23-16-6-8-20-19(12-16)26(22(28)29-20)17-4-2-10-25(13-17)21(27)15-5-7-18-14(11-15)3-1-9-24-18/h1,3,5-9,11-12,17H,2,4,10,13H2. The zero-order chi connectivity index (χ0) is 20.0. The molecule has 0 N–H and O–H groups in total. The van der Waals surface area contributed by atoms with Crippen LogP contribution < -0.4 is 5.76 Å². The van der Waals surface area contributed by atoms with E-state index >= 15 is 0 Å². The monoisotopic (exact) mass is 407 g/mol. The fraction of sp³-hybridized carbons (Fsp3) is 0.227. The number of pyridine rings is 1. The Morgan fingerprint density at radius 1 is 1.17 bits per heavy atom. The highest BCUT2D eigenvalue weighted by atomic mass is 35.5. The Morgan fingerprint density at radius 2 is 2.07 bits per heavy atom. The molecule has 146 valence electrons. The lowest BCUT2D eigenvalue weighted by Crippen LogP contribution is -2.42. The molecule has 4 aromatic rings. The van der Waals surface area contributed by atoms with Crippen LogP contribution in [0.25, 0.3) is 22.0 Å². The number of benzene rings is 2. The molecule has 0 aliphatic carbocycles. The molecule has 1 saturated heterocycles. The summed E-state index contributed by atoms with van der Waals surface area (Å²) in [5, 5.41) is 1.47. The van der Waals surface area contributed by atoms with E-state index in [9.17, 15) is 9.59 Å². The smallest absolute Gasteiger partial charge is 0.408 e. The Bertz CT molecular complexity index is 1290. The Labute approximate surface area is 171 Å². The first-order valence-corrected chi connectivity index (χ1v) is 9.92. The largest absolute Gasteiger partial charge is 0.420 e. The molecule has 2 aromatic carbocycles. The van der Waals surface area contributed by atoms with Gasteiger partial charge in [0, 0.05) is 35.3 Å². The predicted molar refractivity (Wildman–Crippen MR) is 111 cm³/mol. The van der Waals surface area contributed by atoms with Gasteiger partial charge in [-0.3, -0.25) is 14.3 Å². The van der Waals surface area contributed by atoms with Gasteiger partial charge in [-0.25, -0.2) is 4.79 Å². The van der Waals surface area contributed by atoms with Crippen LogP contribution in [0.3, 0.4) is 0 Å². The SMILES string of the molecule is O=C(c1ccc2ncccc2c1)N1CCCC(n2c(=O)oc3ccc(Cl)cc32)C1. The summed E-state index contributed by atoms with van der Waals surface area (Å²) in [7, 11) is 0. The van der Waals surface area contributed by atoms with E-state index in [4.69, 9.17) is 16.0 Å². The summed E-state index contributed by atoms with van der Waals surface area (Å²) < 4.78 is 7.00. The number of piperidine rings is 1. The van der Waals surface area contributed by atoms with Crippen molar-refractivity contribution in [2.24, 2.45) is 0 Å². The number of nitrogens with zero attached hydrogens (tertiary/aromatic N) is 3. The number of oxazole rings is 1. The highest BCUT2D eigenvalue weighted by molar-refractivity contribution is 6.31. The van der Waals surface area contributed by atoms with Crippen LogP contribution in [0.2, 0.25) is 5.02 Å². The van der Waals surface area contributed by atoms with Crippen LogP contribution in [-0.4, -0.2) is 33.4 Å². The number of carbonyl (C=O) groups is 1. The predicted octanol–water partition coefficient (Wildman–Crippen LogP) is 4.27. The number of aromatic nitrogens is 2. The van der Waals surface area contributed by atoms with Gasteiger partial charge in [-0.05, 0) is 55.3 Å². The number of likely N-dealkylation sites (tertiary alicyclic amines) is 1. The molecule has 1 unspecified atom stereocenters. The van der Waals surface area contributed by atoms with Gasteiger partial charge < -0.3 is 9.32 Å². The number of rotatable bonds is 2. The molecule has 1 aliphatic rings. The van der Waals surface area contributed by atoms with Gasteiger partial charge in [0.2, 0.25) is 0 Å². The van der Waals surface area contributed by atoms with Crippen molar-refractivity contribution in [1.82, 2.24) is 14.5 Å². The average molecular weight is 408 g/mol. The molecule has 6 nitrogen and oxygen atoms in total. The molecule has 1 fully saturated rings. The first-order valence-electron chi connectivity index (χ1n) is 9.55. The summed E-state index contributed by atoms with van der Waals surface area (Å²) in [6, 6.07) is 14.3. The summed E-state index contributed by atoms with van der Waals surface area (Å²) >= 11 is 6.12. The van der Waals surface area contributed by atoms with Crippen molar-refractivity contribution in [2.45, 2.75) is 18.9 Å². The van der Waals surface area contributed by atoms with Crippen LogP contribution in [-0.2, 0) is 0 Å². The second-order valence-corrected chi connectivity index (χ2v) is 7.74. The molecule has 0 saturated carbocycles. The van der Waals surface area contributed by atoms with Crippen LogP contribution in [0, 0.1) is 0 Å². The van der Waals surface area contributed by atoms with Crippen LogP contribution in [0.15, 0.2) is 63.9 Å². The van der Waals surface area contributed by atoms with Gasteiger partial charge in [-0.15, -0.1) is 0 Å². The topological polar surface area (TPSA) is 68.3 Å². The van der Waals surface area contributed by atoms with Gasteiger partial charge in [0.05, 0.1) is 17.1 Å². The summed E-state index contributed by atoms with van der Waals surface area (Å²) in [6.07, 6.45) is 3.34. The summed E-state index contributed by atoms with van der Waals surface area (Å²) in [4.78, 5) is 31.7. The second-order valence-electron chi connectivity index (χ2n) is 7.31. The fourth-order valence-corrected chi connectivity index (χ4v) is 4.26. The molecule has 29 heavy (non-hydrogen) atoms. The van der Waals surface area contributed by atoms with Crippen molar-refractivity contribution < 1.29 is 9.21 Å². The molecule has 5 rings (SSSR count). The lowest BCUT2D eigenvalue weighted by atomic mass is 10.0. The minimum atomic E-state index is -0.418. The number of hydrogen-bond acceptors (Lipinski definition) is 4. The molecular formula is C22H18ClN3O3. The third-order valence-electron chi connectivity index (χ3n) is 5.47. The van der Waals surface area contributed by atoms with Crippen LogP contribution in [0.1, 0.15) is 29.2 Å². The minimum Gasteiger partial charge on any atom is -0.408 e. The van der Waals surface area contributed by atoms with Gasteiger partial charge in [0.15, 0.2) is 5.58 Å². The van der Waals surface area contributed by atoms with Gasteiger partial charge >= 0.3 is 5.76 Å². The Morgan fingerprint density at radius 3 is 2.97 bits per heavy atom. The van der Waals surface area contributed by atoms with Crippen molar-refractivity contribution in [1.29, 1.82) is 0 Å². The van der Waals surface area contributed by atoms with Crippen LogP contribution in [0.4, 0.5) is 0 Å². The third kappa shape index (κ3) is 3.19. The van der Waals surface area contributed by atoms with E-state index < -0.39 is 5.76 Å². The summed E-state index contributed by atoms with van der Waals surface area (Å²) in [5.41, 5.74) is 2.65. The molecule has 0 radical (unpaired) electrons. The number of fused-ring (bicyclic) bond motifs is 2. The number of hydrogen-bond donors (Lipinski definition) is 0. The molecule has 1 atom stereocenters. The van der Waals surface area contributed by atoms with E-state index in [-0.39, 0.29) is 11.9 Å². The molecule has 7 heteroatoms. The highest BCUT2D eigenvalue weighted by Gasteiger charge is 2.28. The van der Waals surface area contributed by atoms with Crippen LogP contribution >= 0.6 is 11.6 Å². The first kappa shape index (κ1) is 17.9. The minimum absolute atomic E-state index is 0.0423. The number of amides is 1. The van der Waals surface area contributed by atoms with E-state index in [1.807, 2.05) is 29.2 Å². The van der Waals surface area contributed by atoms with Crippen molar-refractivity contribution in [3.63, 3.8) is 0 Å². The summed E-state index contributed by atoms with van der Waals surface area (Å²) in [5.74, 6) is -0.460. The maximum absolute atomic E-state index is 13.1. The third-order valence-corrected chi connectivity index (χ3v) is 5.71. The van der Waals surface area contributed by atoms with Gasteiger partial charge in [-0.2, -0.15) is 0 Å². The van der Waals surface area contributed by atoms with E-state index in [0.29, 0.717) is 34.8 Å². The van der Waals surface area contributed by atoms with E-state index in [1.54, 1.807) is 35.0 Å². The highest BCUT2D eigenvalue weighted by Crippen LogP contribution is 2.27. The molecule has 3 heterocycles. The van der Waals surface area contributed by atoms with Gasteiger partial charge in [0.25, 0.3) is 5.91 Å². The number of carbonyl (C=O) groups excluding carboxylic acids is 1. The van der Waals surface area contributed by atoms with Crippen LogP contribution in [0.5, 0.6) is 0 Å². The maximum atomic E-state index is 13.1.